The lowest BCUT2D eigenvalue weighted by atomic mass is 10.1. The van der Waals surface area contributed by atoms with Crippen LogP contribution in [-0.4, -0.2) is 10.2 Å². The van der Waals surface area contributed by atoms with Gasteiger partial charge < -0.3 is 20.4 Å². The molecule has 100 valence electrons. The number of fused-ring (bicyclic) bond motifs is 1. The highest BCUT2D eigenvalue weighted by Gasteiger charge is 2.15. The van der Waals surface area contributed by atoms with Gasteiger partial charge in [-0.3, -0.25) is 4.79 Å². The van der Waals surface area contributed by atoms with Crippen molar-refractivity contribution in [3.8, 4) is 22.8 Å². The van der Waals surface area contributed by atoms with Crippen molar-refractivity contribution >= 4 is 16.7 Å². The number of hydrogen-bond acceptors (Lipinski definition) is 5. The first-order valence-electron chi connectivity index (χ1n) is 5.91. The Morgan fingerprint density at radius 3 is 2.45 bits per heavy atom. The topological polar surface area (TPSA) is 96.7 Å². The Morgan fingerprint density at radius 1 is 1.05 bits per heavy atom. The fourth-order valence-corrected chi connectivity index (χ4v) is 2.07. The zero-order valence-electron chi connectivity index (χ0n) is 10.3. The van der Waals surface area contributed by atoms with Gasteiger partial charge in [-0.2, -0.15) is 0 Å². The van der Waals surface area contributed by atoms with E-state index >= 15 is 0 Å². The molecule has 0 atom stereocenters. The molecule has 0 spiro atoms. The SMILES string of the molecule is Nc1c(O)c(O)cc2oc(-c3ccccc3)cc(=O)c12. The van der Waals surface area contributed by atoms with Crippen LogP contribution in [0.2, 0.25) is 0 Å². The largest absolute Gasteiger partial charge is 0.504 e. The average Bonchev–Trinajstić information content (AvgIpc) is 2.45. The van der Waals surface area contributed by atoms with E-state index in [2.05, 4.69) is 0 Å². The van der Waals surface area contributed by atoms with Gasteiger partial charge in [-0.15, -0.1) is 0 Å². The van der Waals surface area contributed by atoms with Crippen molar-refractivity contribution in [2.75, 3.05) is 5.73 Å². The molecule has 0 aliphatic rings. The summed E-state index contributed by atoms with van der Waals surface area (Å²) in [4.78, 5) is 12.1. The quantitative estimate of drug-likeness (QED) is 0.465. The molecule has 20 heavy (non-hydrogen) atoms. The first kappa shape index (κ1) is 12.1. The zero-order chi connectivity index (χ0) is 14.3. The third kappa shape index (κ3) is 1.76. The second-order valence-corrected chi connectivity index (χ2v) is 4.37. The van der Waals surface area contributed by atoms with E-state index in [0.717, 1.165) is 5.56 Å². The summed E-state index contributed by atoms with van der Waals surface area (Å²) in [7, 11) is 0. The number of anilines is 1. The summed E-state index contributed by atoms with van der Waals surface area (Å²) in [6, 6.07) is 11.6. The van der Waals surface area contributed by atoms with Gasteiger partial charge in [0, 0.05) is 17.7 Å². The van der Waals surface area contributed by atoms with Crippen LogP contribution in [-0.2, 0) is 0 Å². The molecule has 0 aliphatic heterocycles. The number of nitrogens with two attached hydrogens (primary N) is 1. The summed E-state index contributed by atoms with van der Waals surface area (Å²) in [6.45, 7) is 0. The van der Waals surface area contributed by atoms with Gasteiger partial charge in [0.05, 0.1) is 11.1 Å². The molecular weight excluding hydrogens is 258 g/mol. The Bertz CT molecular complexity index is 853. The Balaban J connectivity index is 2.36. The van der Waals surface area contributed by atoms with Crippen molar-refractivity contribution in [2.45, 2.75) is 0 Å². The number of benzene rings is 2. The van der Waals surface area contributed by atoms with Crippen molar-refractivity contribution in [2.24, 2.45) is 0 Å². The van der Waals surface area contributed by atoms with Crippen molar-refractivity contribution in [1.82, 2.24) is 0 Å². The summed E-state index contributed by atoms with van der Waals surface area (Å²) < 4.78 is 5.59. The lowest BCUT2D eigenvalue weighted by Crippen LogP contribution is -2.04. The predicted molar refractivity (Wildman–Crippen MR) is 75.7 cm³/mol. The molecular formula is C15H11NO4. The van der Waals surface area contributed by atoms with E-state index in [-0.39, 0.29) is 22.1 Å². The summed E-state index contributed by atoms with van der Waals surface area (Å²) in [6.07, 6.45) is 0. The first-order chi connectivity index (χ1) is 9.58. The first-order valence-corrected chi connectivity index (χ1v) is 5.91. The van der Waals surface area contributed by atoms with Crippen LogP contribution in [0.25, 0.3) is 22.3 Å². The minimum absolute atomic E-state index is 0.0555. The van der Waals surface area contributed by atoms with Gasteiger partial charge in [0.15, 0.2) is 16.9 Å². The predicted octanol–water partition coefficient (Wildman–Crippen LogP) is 2.45. The Hall–Kier alpha value is -2.95. The van der Waals surface area contributed by atoms with Gasteiger partial charge in [-0.1, -0.05) is 30.3 Å². The van der Waals surface area contributed by atoms with E-state index in [1.165, 1.54) is 12.1 Å². The molecule has 0 unspecified atom stereocenters. The van der Waals surface area contributed by atoms with Crippen molar-refractivity contribution in [1.29, 1.82) is 0 Å². The smallest absolute Gasteiger partial charge is 0.195 e. The van der Waals surface area contributed by atoms with Gasteiger partial charge in [0.1, 0.15) is 11.3 Å². The summed E-state index contributed by atoms with van der Waals surface area (Å²) in [5.74, 6) is -0.576. The van der Waals surface area contributed by atoms with E-state index in [1.54, 1.807) is 12.1 Å². The molecule has 0 fully saturated rings. The van der Waals surface area contributed by atoms with Crippen LogP contribution in [0.4, 0.5) is 5.69 Å². The number of phenols is 2. The van der Waals surface area contributed by atoms with Crippen LogP contribution in [0.1, 0.15) is 0 Å². The number of phenolic OH excluding ortho intramolecular Hbond substituents is 2. The standard InChI is InChI=1S/C15H11NO4/c16-14-13-9(17)6-11(8-4-2-1-3-5-8)20-12(13)7-10(18)15(14)19/h1-7,18-19H,16H2. The monoisotopic (exact) mass is 269 g/mol. The molecule has 3 rings (SSSR count). The molecule has 0 saturated heterocycles. The molecule has 0 bridgehead atoms. The second-order valence-electron chi connectivity index (χ2n) is 4.37. The van der Waals surface area contributed by atoms with Gasteiger partial charge in [-0.25, -0.2) is 0 Å². The molecule has 5 nitrogen and oxygen atoms in total. The van der Waals surface area contributed by atoms with E-state index in [9.17, 15) is 15.0 Å². The Morgan fingerprint density at radius 2 is 1.75 bits per heavy atom. The summed E-state index contributed by atoms with van der Waals surface area (Å²) >= 11 is 0. The molecule has 0 aliphatic carbocycles. The lowest BCUT2D eigenvalue weighted by molar-refractivity contribution is 0.405. The molecule has 0 amide bonds. The lowest BCUT2D eigenvalue weighted by Gasteiger charge is -2.07. The third-order valence-corrected chi connectivity index (χ3v) is 3.07. The maximum Gasteiger partial charge on any atom is 0.195 e. The number of aromatic hydroxyl groups is 2. The summed E-state index contributed by atoms with van der Waals surface area (Å²) in [5, 5.41) is 19.2. The van der Waals surface area contributed by atoms with Gasteiger partial charge in [-0.05, 0) is 0 Å². The van der Waals surface area contributed by atoms with E-state index in [1.807, 2.05) is 18.2 Å². The highest BCUT2D eigenvalue weighted by molar-refractivity contribution is 5.94. The molecule has 1 aromatic heterocycles. The van der Waals surface area contributed by atoms with Crippen molar-refractivity contribution < 1.29 is 14.6 Å². The highest BCUT2D eigenvalue weighted by Crippen LogP contribution is 2.37. The fraction of sp³-hybridized carbons (Fsp3) is 0. The molecule has 0 radical (unpaired) electrons. The Kier molecular flexibility index (Phi) is 2.61. The van der Waals surface area contributed by atoms with Crippen LogP contribution in [0.5, 0.6) is 11.5 Å². The maximum absolute atomic E-state index is 12.1. The van der Waals surface area contributed by atoms with E-state index in [0.29, 0.717) is 5.76 Å². The van der Waals surface area contributed by atoms with Gasteiger partial charge in [0.2, 0.25) is 0 Å². The van der Waals surface area contributed by atoms with E-state index in [4.69, 9.17) is 10.2 Å². The molecule has 2 aromatic carbocycles. The molecule has 1 heterocycles. The van der Waals surface area contributed by atoms with Crippen LogP contribution in [0, 0.1) is 0 Å². The van der Waals surface area contributed by atoms with Crippen molar-refractivity contribution in [3.63, 3.8) is 0 Å². The number of hydrogen-bond donors (Lipinski definition) is 3. The second kappa shape index (κ2) is 4.31. The van der Waals surface area contributed by atoms with E-state index < -0.39 is 11.5 Å². The fourth-order valence-electron chi connectivity index (χ4n) is 2.07. The molecule has 3 aromatic rings. The Labute approximate surface area is 113 Å². The summed E-state index contributed by atoms with van der Waals surface area (Å²) in [5.41, 5.74) is 5.94. The van der Waals surface area contributed by atoms with Crippen LogP contribution >= 0.6 is 0 Å². The normalized spacial score (nSPS) is 10.8. The molecule has 5 heteroatoms. The highest BCUT2D eigenvalue weighted by atomic mass is 16.3. The van der Waals surface area contributed by atoms with Crippen molar-refractivity contribution in [3.05, 3.63) is 52.7 Å². The molecule has 4 N–H and O–H groups in total. The molecule has 0 saturated carbocycles. The number of rotatable bonds is 1. The maximum atomic E-state index is 12.1. The van der Waals surface area contributed by atoms with Gasteiger partial charge >= 0.3 is 0 Å². The van der Waals surface area contributed by atoms with Crippen LogP contribution in [0.15, 0.2) is 51.7 Å². The van der Waals surface area contributed by atoms with Crippen LogP contribution < -0.4 is 11.2 Å². The van der Waals surface area contributed by atoms with Crippen LogP contribution in [0.3, 0.4) is 0 Å². The minimum Gasteiger partial charge on any atom is -0.504 e. The third-order valence-electron chi connectivity index (χ3n) is 3.07. The zero-order valence-corrected chi connectivity index (χ0v) is 10.3. The number of nitrogen functional groups attached to an aromatic ring is 1. The minimum atomic E-state index is -0.516. The van der Waals surface area contributed by atoms with Gasteiger partial charge in [0.25, 0.3) is 0 Å². The average molecular weight is 269 g/mol.